The third-order valence-electron chi connectivity index (χ3n) is 6.35. The summed E-state index contributed by atoms with van der Waals surface area (Å²) in [6, 6.07) is 7.21. The third-order valence-corrected chi connectivity index (χ3v) is 6.66. The highest BCUT2D eigenvalue weighted by atomic mass is 35.5. The number of anilines is 1. The summed E-state index contributed by atoms with van der Waals surface area (Å²) in [4.78, 5) is 44.9. The zero-order valence-electron chi connectivity index (χ0n) is 21.0. The lowest BCUT2D eigenvalue weighted by atomic mass is 10.0. The number of benzene rings is 1. The van der Waals surface area contributed by atoms with Crippen LogP contribution in [0.25, 0.3) is 33.4 Å². The monoisotopic (exact) mass is 534 g/mol. The molecule has 0 spiro atoms. The first-order valence-corrected chi connectivity index (χ1v) is 12.5. The third kappa shape index (κ3) is 5.35. The Bertz CT molecular complexity index is 1570. The van der Waals surface area contributed by atoms with Gasteiger partial charge in [-0.1, -0.05) is 23.7 Å². The molecule has 1 fully saturated rings. The Morgan fingerprint density at radius 1 is 1.21 bits per heavy atom. The topological polar surface area (TPSA) is 141 Å². The molecule has 0 radical (unpaired) electrons. The Balaban J connectivity index is 1.58. The van der Waals surface area contributed by atoms with Gasteiger partial charge in [-0.25, -0.2) is 9.97 Å². The minimum absolute atomic E-state index is 0.134. The summed E-state index contributed by atoms with van der Waals surface area (Å²) < 4.78 is 7.53. The highest BCUT2D eigenvalue weighted by Gasteiger charge is 2.24. The lowest BCUT2D eigenvalue weighted by Crippen LogP contribution is -2.48. The molecule has 11 nitrogen and oxygen atoms in total. The number of pyridine rings is 1. The number of nitrogens with two attached hydrogens (primary N) is 1. The molecular weight excluding hydrogens is 508 g/mol. The van der Waals surface area contributed by atoms with Crippen molar-refractivity contribution in [3.63, 3.8) is 0 Å². The number of amides is 1. The summed E-state index contributed by atoms with van der Waals surface area (Å²) in [7, 11) is 1.71. The molecule has 1 amide bonds. The zero-order valence-corrected chi connectivity index (χ0v) is 21.8. The van der Waals surface area contributed by atoms with Gasteiger partial charge in [0.15, 0.2) is 0 Å². The Morgan fingerprint density at radius 3 is 2.79 bits per heavy atom. The SMILES string of the molecule is CNc1ncc2cc(-c3ccc(-c4cncc(C)n4)cc3Cl)c(=O)n(C[C@H]3CN(CC(N)=O)CCO3)c2n1. The molecule has 4 heterocycles. The first-order valence-electron chi connectivity index (χ1n) is 12.1. The molecule has 0 unspecified atom stereocenters. The maximum atomic E-state index is 13.9. The number of nitrogens with zero attached hydrogens (tertiary/aromatic N) is 6. The number of rotatable bonds is 7. The van der Waals surface area contributed by atoms with Crippen molar-refractivity contribution in [2.24, 2.45) is 5.73 Å². The zero-order chi connectivity index (χ0) is 26.8. The summed E-state index contributed by atoms with van der Waals surface area (Å²) in [5.74, 6) is -0.0173. The van der Waals surface area contributed by atoms with Gasteiger partial charge in [-0.15, -0.1) is 0 Å². The number of primary amides is 1. The van der Waals surface area contributed by atoms with Crippen molar-refractivity contribution in [1.29, 1.82) is 0 Å². The predicted octanol–water partition coefficient (Wildman–Crippen LogP) is 2.11. The van der Waals surface area contributed by atoms with Crippen molar-refractivity contribution >= 4 is 34.5 Å². The number of carbonyl (C=O) groups is 1. The molecule has 1 aromatic carbocycles. The van der Waals surface area contributed by atoms with E-state index in [-0.39, 0.29) is 24.8 Å². The van der Waals surface area contributed by atoms with E-state index in [1.807, 2.05) is 24.0 Å². The number of carbonyl (C=O) groups excluding carboxylic acids is 1. The van der Waals surface area contributed by atoms with Crippen molar-refractivity contribution in [3.05, 3.63) is 63.9 Å². The molecule has 0 bridgehead atoms. The lowest BCUT2D eigenvalue weighted by Gasteiger charge is -2.32. The number of fused-ring (bicyclic) bond motifs is 1. The van der Waals surface area contributed by atoms with Crippen LogP contribution in [-0.4, -0.2) is 74.7 Å². The molecule has 5 rings (SSSR count). The molecule has 1 atom stereocenters. The van der Waals surface area contributed by atoms with Crippen LogP contribution < -0.4 is 16.6 Å². The maximum absolute atomic E-state index is 13.9. The quantitative estimate of drug-likeness (QED) is 0.364. The number of ether oxygens (including phenoxy) is 1. The van der Waals surface area contributed by atoms with E-state index in [2.05, 4.69) is 25.3 Å². The van der Waals surface area contributed by atoms with Crippen LogP contribution in [0.1, 0.15) is 5.69 Å². The maximum Gasteiger partial charge on any atom is 0.260 e. The molecule has 1 saturated heterocycles. The van der Waals surface area contributed by atoms with Crippen molar-refractivity contribution in [1.82, 2.24) is 29.4 Å². The Labute approximate surface area is 223 Å². The molecule has 196 valence electrons. The van der Waals surface area contributed by atoms with E-state index in [9.17, 15) is 9.59 Å². The fourth-order valence-electron chi connectivity index (χ4n) is 4.60. The van der Waals surface area contributed by atoms with Crippen LogP contribution in [-0.2, 0) is 16.1 Å². The highest BCUT2D eigenvalue weighted by molar-refractivity contribution is 6.33. The van der Waals surface area contributed by atoms with E-state index in [0.717, 1.165) is 11.3 Å². The number of nitrogens with one attached hydrogen (secondary N) is 1. The van der Waals surface area contributed by atoms with Crippen LogP contribution in [0.2, 0.25) is 5.02 Å². The average Bonchev–Trinajstić information content (AvgIpc) is 2.90. The summed E-state index contributed by atoms with van der Waals surface area (Å²) in [5.41, 5.74) is 8.86. The average molecular weight is 535 g/mol. The summed E-state index contributed by atoms with van der Waals surface area (Å²) in [6.07, 6.45) is 4.68. The minimum Gasteiger partial charge on any atom is -0.374 e. The smallest absolute Gasteiger partial charge is 0.260 e. The minimum atomic E-state index is -0.406. The lowest BCUT2D eigenvalue weighted by molar-refractivity contribution is -0.121. The Hall–Kier alpha value is -3.93. The van der Waals surface area contributed by atoms with E-state index < -0.39 is 5.91 Å². The molecule has 1 aliphatic heterocycles. The van der Waals surface area contributed by atoms with E-state index in [4.69, 9.17) is 22.1 Å². The predicted molar refractivity (Wildman–Crippen MR) is 145 cm³/mol. The van der Waals surface area contributed by atoms with Gasteiger partial charge in [0, 0.05) is 59.6 Å². The molecule has 0 saturated carbocycles. The molecule has 4 aromatic rings. The standard InChI is InChI=1S/C26H27ClN8O3/c1-15-9-30-11-22(32-15)16-3-4-19(21(27)8-16)20-7-17-10-31-26(29-2)33-24(17)35(25(20)37)13-18-12-34(5-6-38-18)14-23(28)36/h3-4,7-11,18H,5-6,12-14H2,1-2H3,(H2,28,36)(H,29,31,33)/t18-/m1/s1. The van der Waals surface area contributed by atoms with Gasteiger partial charge in [0.25, 0.3) is 5.56 Å². The van der Waals surface area contributed by atoms with Crippen LogP contribution in [0.4, 0.5) is 5.95 Å². The second-order valence-electron chi connectivity index (χ2n) is 9.13. The van der Waals surface area contributed by atoms with Crippen molar-refractivity contribution in [3.8, 4) is 22.4 Å². The number of aryl methyl sites for hydroxylation is 1. The number of aromatic nitrogens is 5. The fraction of sp³-hybridized carbons (Fsp3) is 0.308. The van der Waals surface area contributed by atoms with Crippen molar-refractivity contribution < 1.29 is 9.53 Å². The number of hydrogen-bond acceptors (Lipinski definition) is 9. The van der Waals surface area contributed by atoms with Gasteiger partial charge >= 0.3 is 0 Å². The van der Waals surface area contributed by atoms with E-state index in [1.54, 1.807) is 42.3 Å². The highest BCUT2D eigenvalue weighted by Crippen LogP contribution is 2.31. The van der Waals surface area contributed by atoms with Crippen LogP contribution in [0, 0.1) is 6.92 Å². The van der Waals surface area contributed by atoms with E-state index in [1.165, 1.54) is 0 Å². The van der Waals surface area contributed by atoms with Crippen LogP contribution in [0.3, 0.4) is 0 Å². The van der Waals surface area contributed by atoms with Gasteiger partial charge in [-0.2, -0.15) is 4.98 Å². The number of morpholine rings is 1. The van der Waals surface area contributed by atoms with Crippen LogP contribution in [0.5, 0.6) is 0 Å². The van der Waals surface area contributed by atoms with Gasteiger partial charge in [0.05, 0.1) is 43.4 Å². The van der Waals surface area contributed by atoms with Crippen molar-refractivity contribution in [2.45, 2.75) is 19.6 Å². The molecule has 0 aliphatic carbocycles. The molecule has 38 heavy (non-hydrogen) atoms. The first kappa shape index (κ1) is 25.7. The van der Waals surface area contributed by atoms with Gasteiger partial charge in [-0.05, 0) is 19.1 Å². The van der Waals surface area contributed by atoms with Gasteiger partial charge < -0.3 is 15.8 Å². The fourth-order valence-corrected chi connectivity index (χ4v) is 4.88. The second-order valence-corrected chi connectivity index (χ2v) is 9.54. The van der Waals surface area contributed by atoms with Gasteiger partial charge in [0.2, 0.25) is 11.9 Å². The van der Waals surface area contributed by atoms with Crippen LogP contribution in [0.15, 0.2) is 47.7 Å². The van der Waals surface area contributed by atoms with E-state index in [0.29, 0.717) is 58.5 Å². The Kier molecular flexibility index (Phi) is 7.32. The molecular formula is C26H27ClN8O3. The summed E-state index contributed by atoms with van der Waals surface area (Å²) in [6.45, 7) is 3.71. The first-order chi connectivity index (χ1) is 18.3. The summed E-state index contributed by atoms with van der Waals surface area (Å²) >= 11 is 6.72. The molecule has 1 aliphatic rings. The molecule has 12 heteroatoms. The second kappa shape index (κ2) is 10.8. The van der Waals surface area contributed by atoms with E-state index >= 15 is 0 Å². The Morgan fingerprint density at radius 2 is 2.05 bits per heavy atom. The number of hydrogen-bond donors (Lipinski definition) is 2. The number of halogens is 1. The molecule has 3 N–H and O–H groups in total. The summed E-state index contributed by atoms with van der Waals surface area (Å²) in [5, 5.41) is 4.00. The normalized spacial score (nSPS) is 16.0. The molecule has 3 aromatic heterocycles. The van der Waals surface area contributed by atoms with Crippen molar-refractivity contribution in [2.75, 3.05) is 38.6 Å². The van der Waals surface area contributed by atoms with Gasteiger partial charge in [0.1, 0.15) is 5.65 Å². The van der Waals surface area contributed by atoms with Gasteiger partial charge in [-0.3, -0.25) is 24.0 Å². The largest absolute Gasteiger partial charge is 0.374 e. The van der Waals surface area contributed by atoms with Crippen LogP contribution >= 0.6 is 11.6 Å².